The lowest BCUT2D eigenvalue weighted by Crippen LogP contribution is -2.30. The third kappa shape index (κ3) is 4.63. The summed E-state index contributed by atoms with van der Waals surface area (Å²) in [7, 11) is 1.56. The molecule has 1 N–H and O–H groups in total. The summed E-state index contributed by atoms with van der Waals surface area (Å²) < 4.78 is 16.0. The van der Waals surface area contributed by atoms with Crippen molar-refractivity contribution in [3.8, 4) is 22.8 Å². The molecule has 0 bridgehead atoms. The molecule has 1 heterocycles. The van der Waals surface area contributed by atoms with Crippen LogP contribution in [0.15, 0.2) is 65.2 Å². The first-order valence-corrected chi connectivity index (χ1v) is 8.30. The average Bonchev–Trinajstić information content (AvgIpc) is 3.16. The number of carbonyl (C=O) groups is 1. The van der Waals surface area contributed by atoms with Crippen LogP contribution in [0.3, 0.4) is 0 Å². The molecular formula is C20H20N2O4. The summed E-state index contributed by atoms with van der Waals surface area (Å²) in [5.74, 6) is 1.64. The molecule has 1 aromatic heterocycles. The molecule has 6 heteroatoms. The van der Waals surface area contributed by atoms with Gasteiger partial charge in [0.15, 0.2) is 23.9 Å². The molecule has 2 aromatic carbocycles. The maximum Gasteiger partial charge on any atom is 0.257 e. The van der Waals surface area contributed by atoms with Crippen LogP contribution in [0.2, 0.25) is 0 Å². The minimum Gasteiger partial charge on any atom is -0.493 e. The van der Waals surface area contributed by atoms with Gasteiger partial charge in [0, 0.05) is 24.6 Å². The van der Waals surface area contributed by atoms with Crippen LogP contribution in [0, 0.1) is 0 Å². The summed E-state index contributed by atoms with van der Waals surface area (Å²) in [6.45, 7) is 0.378. The number of amides is 1. The van der Waals surface area contributed by atoms with Gasteiger partial charge < -0.3 is 19.3 Å². The van der Waals surface area contributed by atoms with Gasteiger partial charge in [0.1, 0.15) is 0 Å². The van der Waals surface area contributed by atoms with E-state index in [9.17, 15) is 4.79 Å². The van der Waals surface area contributed by atoms with Crippen LogP contribution < -0.4 is 14.8 Å². The van der Waals surface area contributed by atoms with Gasteiger partial charge in [-0.3, -0.25) is 4.79 Å². The fourth-order valence-electron chi connectivity index (χ4n) is 2.43. The minimum absolute atomic E-state index is 0.0749. The van der Waals surface area contributed by atoms with E-state index in [1.807, 2.05) is 48.5 Å². The smallest absolute Gasteiger partial charge is 0.257 e. The Morgan fingerprint density at radius 1 is 1.08 bits per heavy atom. The van der Waals surface area contributed by atoms with Gasteiger partial charge in [-0.2, -0.15) is 0 Å². The van der Waals surface area contributed by atoms with Gasteiger partial charge in [-0.25, -0.2) is 0 Å². The van der Waals surface area contributed by atoms with Crippen molar-refractivity contribution >= 4 is 5.91 Å². The number of rotatable bonds is 8. The van der Waals surface area contributed by atoms with Gasteiger partial charge in [-0.1, -0.05) is 47.6 Å². The van der Waals surface area contributed by atoms with E-state index in [4.69, 9.17) is 14.0 Å². The standard InChI is InChI=1S/C20H20N2O4/c1-24-17-9-5-6-10-18(17)25-14-20(23)21-12-11-16-13-19(26-22-16)15-7-3-2-4-8-15/h2-10,13H,11-12,14H2,1H3,(H,21,23). The summed E-state index contributed by atoms with van der Waals surface area (Å²) in [4.78, 5) is 11.9. The molecule has 0 atom stereocenters. The number of nitrogens with zero attached hydrogens (tertiary/aromatic N) is 1. The van der Waals surface area contributed by atoms with E-state index in [-0.39, 0.29) is 12.5 Å². The Balaban J connectivity index is 1.43. The summed E-state index contributed by atoms with van der Waals surface area (Å²) in [5.41, 5.74) is 1.76. The van der Waals surface area contributed by atoms with Crippen molar-refractivity contribution in [1.29, 1.82) is 0 Å². The molecule has 6 nitrogen and oxygen atoms in total. The highest BCUT2D eigenvalue weighted by atomic mass is 16.5. The number of ether oxygens (including phenoxy) is 2. The van der Waals surface area contributed by atoms with Crippen molar-refractivity contribution in [2.45, 2.75) is 6.42 Å². The van der Waals surface area contributed by atoms with E-state index in [1.165, 1.54) is 0 Å². The van der Waals surface area contributed by atoms with Crippen LogP contribution in [0.4, 0.5) is 0 Å². The summed E-state index contributed by atoms with van der Waals surface area (Å²) in [5, 5.41) is 6.83. The zero-order valence-corrected chi connectivity index (χ0v) is 14.5. The predicted molar refractivity (Wildman–Crippen MR) is 97.1 cm³/mol. The molecule has 0 spiro atoms. The molecule has 3 rings (SSSR count). The monoisotopic (exact) mass is 352 g/mol. The Labute approximate surface area is 151 Å². The summed E-state index contributed by atoms with van der Waals surface area (Å²) in [6.07, 6.45) is 0.580. The van der Waals surface area contributed by atoms with Crippen molar-refractivity contribution in [3.63, 3.8) is 0 Å². The van der Waals surface area contributed by atoms with E-state index < -0.39 is 0 Å². The second-order valence-electron chi connectivity index (χ2n) is 5.59. The number of methoxy groups -OCH3 is 1. The molecule has 0 aliphatic rings. The Morgan fingerprint density at radius 2 is 1.81 bits per heavy atom. The maximum absolute atomic E-state index is 11.9. The highest BCUT2D eigenvalue weighted by Gasteiger charge is 2.09. The SMILES string of the molecule is COc1ccccc1OCC(=O)NCCc1cc(-c2ccccc2)on1. The van der Waals surface area contributed by atoms with Crippen molar-refractivity contribution in [2.75, 3.05) is 20.3 Å². The summed E-state index contributed by atoms with van der Waals surface area (Å²) >= 11 is 0. The molecule has 0 aliphatic carbocycles. The van der Waals surface area contributed by atoms with Gasteiger partial charge >= 0.3 is 0 Å². The molecule has 134 valence electrons. The van der Waals surface area contributed by atoms with Crippen molar-refractivity contribution in [2.24, 2.45) is 0 Å². The minimum atomic E-state index is -0.206. The third-order valence-corrected chi connectivity index (χ3v) is 3.75. The summed E-state index contributed by atoms with van der Waals surface area (Å²) in [6, 6.07) is 18.8. The average molecular weight is 352 g/mol. The molecule has 3 aromatic rings. The highest BCUT2D eigenvalue weighted by molar-refractivity contribution is 5.77. The van der Waals surface area contributed by atoms with E-state index in [1.54, 1.807) is 19.2 Å². The molecule has 0 saturated carbocycles. The lowest BCUT2D eigenvalue weighted by Gasteiger charge is -2.10. The molecule has 0 saturated heterocycles. The van der Waals surface area contributed by atoms with Gasteiger partial charge in [-0.15, -0.1) is 0 Å². The van der Waals surface area contributed by atoms with Crippen LogP contribution in [0.25, 0.3) is 11.3 Å². The second kappa shape index (κ2) is 8.71. The van der Waals surface area contributed by atoms with Crippen LogP contribution in [-0.4, -0.2) is 31.3 Å². The first-order valence-electron chi connectivity index (χ1n) is 8.30. The Bertz CT molecular complexity index is 846. The number of benzene rings is 2. The van der Waals surface area contributed by atoms with Crippen molar-refractivity contribution in [3.05, 3.63) is 66.4 Å². The molecule has 1 amide bonds. The number of hydrogen-bond donors (Lipinski definition) is 1. The van der Waals surface area contributed by atoms with Gasteiger partial charge in [0.05, 0.1) is 12.8 Å². The molecule has 26 heavy (non-hydrogen) atoms. The first kappa shape index (κ1) is 17.5. The van der Waals surface area contributed by atoms with Crippen molar-refractivity contribution < 1.29 is 18.8 Å². The zero-order valence-electron chi connectivity index (χ0n) is 14.5. The largest absolute Gasteiger partial charge is 0.493 e. The maximum atomic E-state index is 11.9. The lowest BCUT2D eigenvalue weighted by molar-refractivity contribution is -0.123. The molecule has 0 unspecified atom stereocenters. The van der Waals surface area contributed by atoms with E-state index in [0.717, 1.165) is 11.3 Å². The number of hydrogen-bond acceptors (Lipinski definition) is 5. The molecular weight excluding hydrogens is 332 g/mol. The Hall–Kier alpha value is -3.28. The van der Waals surface area contributed by atoms with Crippen molar-refractivity contribution in [1.82, 2.24) is 10.5 Å². The van der Waals surface area contributed by atoms with E-state index in [2.05, 4.69) is 10.5 Å². The van der Waals surface area contributed by atoms with Crippen LogP contribution >= 0.6 is 0 Å². The number of nitrogens with one attached hydrogen (secondary N) is 1. The van der Waals surface area contributed by atoms with Gasteiger partial charge in [0.25, 0.3) is 5.91 Å². The topological polar surface area (TPSA) is 73.6 Å². The van der Waals surface area contributed by atoms with E-state index in [0.29, 0.717) is 30.2 Å². The normalized spacial score (nSPS) is 10.3. The zero-order chi connectivity index (χ0) is 18.2. The van der Waals surface area contributed by atoms with E-state index >= 15 is 0 Å². The molecule has 0 radical (unpaired) electrons. The Kier molecular flexibility index (Phi) is 5.88. The lowest BCUT2D eigenvalue weighted by atomic mass is 10.1. The molecule has 0 aliphatic heterocycles. The van der Waals surface area contributed by atoms with Crippen LogP contribution in [-0.2, 0) is 11.2 Å². The quantitative estimate of drug-likeness (QED) is 0.674. The number of aromatic nitrogens is 1. The highest BCUT2D eigenvalue weighted by Crippen LogP contribution is 2.25. The van der Waals surface area contributed by atoms with Gasteiger partial charge in [0.2, 0.25) is 0 Å². The third-order valence-electron chi connectivity index (χ3n) is 3.75. The molecule has 0 fully saturated rings. The fourth-order valence-corrected chi connectivity index (χ4v) is 2.43. The number of para-hydroxylation sites is 2. The number of carbonyl (C=O) groups excluding carboxylic acids is 1. The first-order chi connectivity index (χ1) is 12.8. The predicted octanol–water partition coefficient (Wildman–Crippen LogP) is 3.09. The second-order valence-corrected chi connectivity index (χ2v) is 5.59. The fraction of sp³-hybridized carbons (Fsp3) is 0.200. The Morgan fingerprint density at radius 3 is 2.58 bits per heavy atom. The van der Waals surface area contributed by atoms with Gasteiger partial charge in [-0.05, 0) is 12.1 Å². The van der Waals surface area contributed by atoms with Crippen LogP contribution in [0.5, 0.6) is 11.5 Å². The van der Waals surface area contributed by atoms with Crippen LogP contribution in [0.1, 0.15) is 5.69 Å².